The van der Waals surface area contributed by atoms with Crippen LogP contribution in [-0.4, -0.2) is 64.4 Å². The third-order valence-corrected chi connectivity index (χ3v) is 7.97. The Morgan fingerprint density at radius 1 is 0.786 bits per heavy atom. The van der Waals surface area contributed by atoms with Gasteiger partial charge >= 0.3 is 24.1 Å². The van der Waals surface area contributed by atoms with Crippen molar-refractivity contribution >= 4 is 29.8 Å². The molecule has 1 heterocycles. The van der Waals surface area contributed by atoms with Crippen LogP contribution in [0.4, 0.5) is 0 Å². The van der Waals surface area contributed by atoms with Gasteiger partial charge in [-0.3, -0.25) is 9.59 Å². The number of fused-ring (bicyclic) bond motifs is 2. The van der Waals surface area contributed by atoms with Gasteiger partial charge in [-0.15, -0.1) is 0 Å². The molecular formula is C32H46O10. The topological polar surface area (TPSA) is 139 Å². The number of carbonyl (C=O) groups excluding carboxylic acids is 6. The number of allylic oxidation sites excluding steroid dienone is 5. The maximum atomic E-state index is 11.7. The van der Waals surface area contributed by atoms with Crippen molar-refractivity contribution in [3.05, 3.63) is 34.4 Å². The summed E-state index contributed by atoms with van der Waals surface area (Å²) < 4.78 is 18.6. The first-order valence-corrected chi connectivity index (χ1v) is 14.6. The smallest absolute Gasteiger partial charge is 0.373 e. The quantitative estimate of drug-likeness (QED) is 0.110. The minimum absolute atomic E-state index is 0.0925. The Hall–Kier alpha value is -3.36. The minimum atomic E-state index is -0.589. The normalized spacial score (nSPS) is 23.6. The van der Waals surface area contributed by atoms with Gasteiger partial charge in [0.2, 0.25) is 0 Å². The van der Waals surface area contributed by atoms with Crippen LogP contribution in [0.5, 0.6) is 0 Å². The Balaban J connectivity index is 0.000000307. The van der Waals surface area contributed by atoms with Crippen LogP contribution in [0.15, 0.2) is 34.4 Å². The lowest BCUT2D eigenvalue weighted by Crippen LogP contribution is -2.32. The Kier molecular flexibility index (Phi) is 17.2. The maximum Gasteiger partial charge on any atom is 0.373 e. The second-order valence-electron chi connectivity index (χ2n) is 10.4. The van der Waals surface area contributed by atoms with Gasteiger partial charge in [0.05, 0.1) is 21.3 Å². The fourth-order valence-electron chi connectivity index (χ4n) is 5.47. The number of ketones is 1. The van der Waals surface area contributed by atoms with Gasteiger partial charge in [0.25, 0.3) is 0 Å². The Morgan fingerprint density at radius 3 is 1.57 bits per heavy atom. The van der Waals surface area contributed by atoms with E-state index in [1.807, 2.05) is 0 Å². The highest BCUT2D eigenvalue weighted by Gasteiger charge is 2.44. The molecule has 4 aliphatic carbocycles. The third-order valence-electron chi connectivity index (χ3n) is 7.97. The van der Waals surface area contributed by atoms with Crippen LogP contribution in [0.1, 0.15) is 78.6 Å². The zero-order valence-electron chi connectivity index (χ0n) is 25.8. The van der Waals surface area contributed by atoms with E-state index in [4.69, 9.17) is 14.3 Å². The highest BCUT2D eigenvalue weighted by molar-refractivity contribution is 6.15. The van der Waals surface area contributed by atoms with Crippen molar-refractivity contribution in [3.63, 3.8) is 0 Å². The van der Waals surface area contributed by atoms with Crippen LogP contribution in [0, 0.1) is 23.7 Å². The van der Waals surface area contributed by atoms with Gasteiger partial charge in [0, 0.05) is 37.9 Å². The van der Waals surface area contributed by atoms with E-state index in [2.05, 4.69) is 40.2 Å². The van der Waals surface area contributed by atoms with Gasteiger partial charge < -0.3 is 18.9 Å². The van der Waals surface area contributed by atoms with Crippen LogP contribution in [0.3, 0.4) is 0 Å². The van der Waals surface area contributed by atoms with Crippen LogP contribution >= 0.6 is 0 Å². The zero-order chi connectivity index (χ0) is 31.7. The highest BCUT2D eigenvalue weighted by Crippen LogP contribution is 2.51. The molecule has 5 rings (SSSR count). The molecule has 3 fully saturated rings. The number of ether oxygens (including phenoxy) is 4. The van der Waals surface area contributed by atoms with E-state index in [1.165, 1.54) is 51.7 Å². The molecule has 0 amide bonds. The predicted octanol–water partition coefficient (Wildman–Crippen LogP) is 4.72. The van der Waals surface area contributed by atoms with Crippen LogP contribution < -0.4 is 0 Å². The molecule has 0 radical (unpaired) electrons. The number of rotatable bonds is 5. The molecule has 1 saturated heterocycles. The first-order valence-electron chi connectivity index (χ1n) is 14.6. The Bertz CT molecular complexity index is 1030. The number of carbonyl (C=O) groups is 4. The van der Waals surface area contributed by atoms with Crippen molar-refractivity contribution in [2.45, 2.75) is 78.6 Å². The fraction of sp³-hybridized carbons (Fsp3) is 0.656. The summed E-state index contributed by atoms with van der Waals surface area (Å²) in [6, 6.07) is 0. The molecule has 10 heteroatoms. The SMILES string of the molecule is C1CCOC1.CCC(=O)OC.CCC1=C[C@H]2C(=C(C(=O)OC)C(=O)OC)C[C@H]2C1.CCC1=C[C@H]2C(=O)C[C@H]2C1.O=C=O. The average molecular weight is 591 g/mol. The van der Waals surface area contributed by atoms with Gasteiger partial charge in [-0.1, -0.05) is 44.1 Å². The molecule has 2 saturated carbocycles. The van der Waals surface area contributed by atoms with E-state index in [9.17, 15) is 19.2 Å². The zero-order valence-corrected chi connectivity index (χ0v) is 25.8. The third kappa shape index (κ3) is 10.8. The summed E-state index contributed by atoms with van der Waals surface area (Å²) in [6.07, 6.45) is 13.8. The molecule has 0 aromatic carbocycles. The Morgan fingerprint density at radius 2 is 1.26 bits per heavy atom. The van der Waals surface area contributed by atoms with E-state index in [1.54, 1.807) is 6.92 Å². The van der Waals surface area contributed by atoms with Crippen LogP contribution in [0.2, 0.25) is 0 Å². The molecule has 0 N–H and O–H groups in total. The summed E-state index contributed by atoms with van der Waals surface area (Å²) in [7, 11) is 3.94. The fourth-order valence-corrected chi connectivity index (χ4v) is 5.47. The summed E-state index contributed by atoms with van der Waals surface area (Å²) in [5.74, 6) is 0.968. The number of hydrogen-bond acceptors (Lipinski definition) is 10. The molecule has 0 spiro atoms. The Labute approximate surface area is 248 Å². The standard InChI is InChI=1S/C14H18O4.C9H12O.C4H8O2.C4H8O.CO2/c1-4-8-5-9-7-11(10(9)6-8)12(13(15)17-2)14(16)18-3;1-2-6-3-7-5-9(10)8(7)4-6;1-3-4(5)6-2;1-2-4-5-3-1;2-1-3/h6,9-10H,4-5,7H2,1-3H3;4,7-8H,2-3,5H2,1H3;3H2,1-2H3;1-4H2;/t9-,10-;7-,8-;;;/m11.../s1. The van der Waals surface area contributed by atoms with Crippen molar-refractivity contribution in [2.24, 2.45) is 23.7 Å². The largest absolute Gasteiger partial charge is 0.469 e. The lowest BCUT2D eigenvalue weighted by molar-refractivity contribution is -0.191. The molecule has 42 heavy (non-hydrogen) atoms. The molecule has 234 valence electrons. The van der Waals surface area contributed by atoms with E-state index in [-0.39, 0.29) is 23.6 Å². The van der Waals surface area contributed by atoms with Crippen molar-refractivity contribution < 1.29 is 47.7 Å². The van der Waals surface area contributed by atoms with E-state index >= 15 is 0 Å². The van der Waals surface area contributed by atoms with E-state index < -0.39 is 11.9 Å². The second kappa shape index (κ2) is 19.7. The van der Waals surface area contributed by atoms with Crippen molar-refractivity contribution in [2.75, 3.05) is 34.5 Å². The molecule has 10 nitrogen and oxygen atoms in total. The van der Waals surface area contributed by atoms with Gasteiger partial charge in [-0.25, -0.2) is 9.59 Å². The molecule has 1 aliphatic heterocycles. The van der Waals surface area contributed by atoms with Gasteiger partial charge in [-0.05, 0) is 62.4 Å². The molecule has 0 unspecified atom stereocenters. The number of Topliss-reactive ketones (excluding diaryl/α,β-unsaturated/α-hetero) is 1. The molecule has 5 aliphatic rings. The van der Waals surface area contributed by atoms with Crippen molar-refractivity contribution in [1.82, 2.24) is 0 Å². The number of methoxy groups -OCH3 is 3. The lowest BCUT2D eigenvalue weighted by Gasteiger charge is -2.35. The van der Waals surface area contributed by atoms with Crippen molar-refractivity contribution in [1.29, 1.82) is 0 Å². The van der Waals surface area contributed by atoms with Gasteiger partial charge in [0.1, 0.15) is 11.4 Å². The van der Waals surface area contributed by atoms with Crippen molar-refractivity contribution in [3.8, 4) is 0 Å². The van der Waals surface area contributed by atoms with E-state index in [0.29, 0.717) is 30.0 Å². The summed E-state index contributed by atoms with van der Waals surface area (Å²) in [6.45, 7) is 8.05. The first kappa shape index (κ1) is 36.7. The number of esters is 3. The first-order chi connectivity index (χ1) is 20.1. The summed E-state index contributed by atoms with van der Waals surface area (Å²) in [5.41, 5.74) is 3.88. The van der Waals surface area contributed by atoms with Crippen LogP contribution in [0.25, 0.3) is 0 Å². The number of hydrogen-bond donors (Lipinski definition) is 0. The monoisotopic (exact) mass is 590 g/mol. The average Bonchev–Trinajstić information content (AvgIpc) is 3.76. The summed E-state index contributed by atoms with van der Waals surface area (Å²) in [4.78, 5) is 60.5. The van der Waals surface area contributed by atoms with Crippen LogP contribution in [-0.2, 0) is 47.7 Å². The summed E-state index contributed by atoms with van der Waals surface area (Å²) in [5, 5.41) is 0. The predicted molar refractivity (Wildman–Crippen MR) is 153 cm³/mol. The molecule has 0 bridgehead atoms. The molecule has 0 aromatic rings. The van der Waals surface area contributed by atoms with Gasteiger partial charge in [0.15, 0.2) is 0 Å². The molecule has 4 atom stereocenters. The molecular weight excluding hydrogens is 544 g/mol. The maximum absolute atomic E-state index is 11.7. The summed E-state index contributed by atoms with van der Waals surface area (Å²) >= 11 is 0. The minimum Gasteiger partial charge on any atom is -0.469 e. The molecule has 0 aromatic heterocycles. The van der Waals surface area contributed by atoms with Gasteiger partial charge in [-0.2, -0.15) is 9.59 Å². The second-order valence-corrected chi connectivity index (χ2v) is 10.4. The lowest BCUT2D eigenvalue weighted by atomic mass is 9.69. The highest BCUT2D eigenvalue weighted by atomic mass is 16.5. The van der Waals surface area contributed by atoms with E-state index in [0.717, 1.165) is 50.9 Å².